The summed E-state index contributed by atoms with van der Waals surface area (Å²) < 4.78 is 28.1. The highest BCUT2D eigenvalue weighted by Crippen LogP contribution is 2.24. The lowest BCUT2D eigenvalue weighted by molar-refractivity contribution is 0.0696. The Morgan fingerprint density at radius 3 is 2.68 bits per heavy atom. The molecule has 0 atom stereocenters. The number of carboxylic acids is 1. The molecule has 1 aromatic rings. The fraction of sp³-hybridized carbons (Fsp3) is 0.250. The molecule has 0 saturated heterocycles. The van der Waals surface area contributed by atoms with Crippen LogP contribution < -0.4 is 9.88 Å². The Morgan fingerprint density at radius 2 is 2.16 bits per heavy atom. The van der Waals surface area contributed by atoms with Crippen molar-refractivity contribution in [3.63, 3.8) is 0 Å². The van der Waals surface area contributed by atoms with Gasteiger partial charge >= 0.3 is 5.97 Å². The zero-order valence-electron chi connectivity index (χ0n) is 10.2. The Balaban J connectivity index is 3.03. The minimum atomic E-state index is -4.04. The molecule has 19 heavy (non-hydrogen) atoms. The first-order valence-corrected chi connectivity index (χ1v) is 7.04. The van der Waals surface area contributed by atoms with E-state index >= 15 is 0 Å². The molecule has 6 nitrogen and oxygen atoms in total. The summed E-state index contributed by atoms with van der Waals surface area (Å²) in [4.78, 5) is 10.5. The molecule has 0 fully saturated rings. The van der Waals surface area contributed by atoms with E-state index in [2.05, 4.69) is 6.58 Å². The van der Waals surface area contributed by atoms with Crippen LogP contribution in [-0.2, 0) is 10.0 Å². The number of carboxylic acid groups (broad SMARTS) is 1. The second-order valence-corrected chi connectivity index (χ2v) is 5.32. The maximum Gasteiger partial charge on any atom is 0.335 e. The predicted molar refractivity (Wildman–Crippen MR) is 69.7 cm³/mol. The molecule has 0 aliphatic rings. The molecule has 1 aromatic carbocycles. The van der Waals surface area contributed by atoms with Gasteiger partial charge in [-0.2, -0.15) is 0 Å². The first-order valence-electron chi connectivity index (χ1n) is 5.50. The molecule has 7 heteroatoms. The van der Waals surface area contributed by atoms with Gasteiger partial charge in [-0.15, -0.1) is 6.58 Å². The molecule has 0 amide bonds. The summed E-state index contributed by atoms with van der Waals surface area (Å²) in [5.41, 5.74) is -0.164. The van der Waals surface area contributed by atoms with Crippen LogP contribution in [0.1, 0.15) is 23.2 Å². The van der Waals surface area contributed by atoms with Crippen LogP contribution in [0.3, 0.4) is 0 Å². The van der Waals surface area contributed by atoms with Crippen LogP contribution >= 0.6 is 0 Å². The largest absolute Gasteiger partial charge is 0.492 e. The highest BCUT2D eigenvalue weighted by atomic mass is 32.2. The number of sulfonamides is 1. The number of hydrogen-bond acceptors (Lipinski definition) is 4. The third kappa shape index (κ3) is 4.38. The SMILES string of the molecule is C=CCCCOc1ccc(C(=O)O)cc1S(N)(=O)=O. The zero-order valence-corrected chi connectivity index (χ0v) is 11.0. The first kappa shape index (κ1) is 15.2. The molecular formula is C12H15NO5S. The summed E-state index contributed by atoms with van der Waals surface area (Å²) in [6.07, 6.45) is 3.13. The van der Waals surface area contributed by atoms with Crippen molar-refractivity contribution in [3.8, 4) is 5.75 Å². The summed E-state index contributed by atoms with van der Waals surface area (Å²) in [6.45, 7) is 3.85. The Morgan fingerprint density at radius 1 is 1.47 bits per heavy atom. The maximum atomic E-state index is 11.4. The van der Waals surface area contributed by atoms with Crippen molar-refractivity contribution in [1.82, 2.24) is 0 Å². The van der Waals surface area contributed by atoms with E-state index in [9.17, 15) is 13.2 Å². The standard InChI is InChI=1S/C12H15NO5S/c1-2-3-4-7-18-10-6-5-9(12(14)15)8-11(10)19(13,16)17/h2,5-6,8H,1,3-4,7H2,(H,14,15)(H2,13,16,17). The highest BCUT2D eigenvalue weighted by Gasteiger charge is 2.18. The molecular weight excluding hydrogens is 270 g/mol. The summed E-state index contributed by atoms with van der Waals surface area (Å²) in [5, 5.41) is 13.9. The second kappa shape index (κ2) is 6.35. The molecule has 0 aliphatic carbocycles. The quantitative estimate of drug-likeness (QED) is 0.581. The lowest BCUT2D eigenvalue weighted by Gasteiger charge is -2.10. The smallest absolute Gasteiger partial charge is 0.335 e. The van der Waals surface area contributed by atoms with Crippen molar-refractivity contribution in [1.29, 1.82) is 0 Å². The molecule has 3 N–H and O–H groups in total. The van der Waals surface area contributed by atoms with Crippen molar-refractivity contribution in [2.24, 2.45) is 5.14 Å². The van der Waals surface area contributed by atoms with E-state index in [1.54, 1.807) is 6.08 Å². The third-order valence-electron chi connectivity index (χ3n) is 2.31. The minimum Gasteiger partial charge on any atom is -0.492 e. The third-order valence-corrected chi connectivity index (χ3v) is 3.24. The molecule has 0 saturated carbocycles. The number of benzene rings is 1. The summed E-state index contributed by atoms with van der Waals surface area (Å²) in [7, 11) is -4.04. The Kier molecular flexibility index (Phi) is 5.08. The normalized spacial score (nSPS) is 11.0. The van der Waals surface area contributed by atoms with Crippen LogP contribution in [0, 0.1) is 0 Å². The lowest BCUT2D eigenvalue weighted by atomic mass is 10.2. The Bertz CT molecular complexity index is 580. The van der Waals surface area contributed by atoms with Crippen LogP contribution in [0.5, 0.6) is 5.75 Å². The van der Waals surface area contributed by atoms with E-state index in [-0.39, 0.29) is 16.2 Å². The number of carbonyl (C=O) groups is 1. The van der Waals surface area contributed by atoms with E-state index in [0.717, 1.165) is 12.5 Å². The second-order valence-electron chi connectivity index (χ2n) is 3.79. The van der Waals surface area contributed by atoms with Gasteiger partial charge in [0.2, 0.25) is 10.0 Å². The van der Waals surface area contributed by atoms with E-state index in [0.29, 0.717) is 13.0 Å². The molecule has 0 bridgehead atoms. The fourth-order valence-corrected chi connectivity index (χ4v) is 2.09. The molecule has 0 radical (unpaired) electrons. The van der Waals surface area contributed by atoms with Crippen LogP contribution in [-0.4, -0.2) is 26.1 Å². The number of ether oxygens (including phenoxy) is 1. The Labute approximate surface area is 111 Å². The summed E-state index contributed by atoms with van der Waals surface area (Å²) in [6, 6.07) is 3.54. The van der Waals surface area contributed by atoms with E-state index in [1.165, 1.54) is 12.1 Å². The lowest BCUT2D eigenvalue weighted by Crippen LogP contribution is -2.15. The number of rotatable bonds is 7. The first-order chi connectivity index (χ1) is 8.86. The van der Waals surface area contributed by atoms with Gasteiger partial charge in [0.1, 0.15) is 10.6 Å². The fourth-order valence-electron chi connectivity index (χ4n) is 1.39. The summed E-state index contributed by atoms with van der Waals surface area (Å²) >= 11 is 0. The number of nitrogens with two attached hydrogens (primary N) is 1. The van der Waals surface area contributed by atoms with Crippen LogP contribution in [0.4, 0.5) is 0 Å². The van der Waals surface area contributed by atoms with Crippen molar-refractivity contribution < 1.29 is 23.1 Å². The van der Waals surface area contributed by atoms with Gasteiger partial charge in [0.25, 0.3) is 0 Å². The van der Waals surface area contributed by atoms with Crippen LogP contribution in [0.25, 0.3) is 0 Å². The molecule has 0 spiro atoms. The van der Waals surface area contributed by atoms with Gasteiger partial charge in [-0.3, -0.25) is 0 Å². The van der Waals surface area contributed by atoms with Gasteiger partial charge in [0.05, 0.1) is 12.2 Å². The minimum absolute atomic E-state index is 0.0524. The van der Waals surface area contributed by atoms with E-state index in [4.69, 9.17) is 15.0 Å². The van der Waals surface area contributed by atoms with E-state index in [1.807, 2.05) is 0 Å². The molecule has 0 heterocycles. The molecule has 0 aliphatic heterocycles. The zero-order chi connectivity index (χ0) is 14.5. The van der Waals surface area contributed by atoms with Crippen LogP contribution in [0.2, 0.25) is 0 Å². The van der Waals surface area contributed by atoms with Crippen molar-refractivity contribution in [2.45, 2.75) is 17.7 Å². The van der Waals surface area contributed by atoms with Gasteiger partial charge < -0.3 is 9.84 Å². The number of primary sulfonamides is 1. The van der Waals surface area contributed by atoms with Crippen LogP contribution in [0.15, 0.2) is 35.7 Å². The van der Waals surface area contributed by atoms with Crippen molar-refractivity contribution in [3.05, 3.63) is 36.4 Å². The van der Waals surface area contributed by atoms with Gasteiger partial charge in [0, 0.05) is 0 Å². The molecule has 104 valence electrons. The van der Waals surface area contributed by atoms with Crippen molar-refractivity contribution >= 4 is 16.0 Å². The van der Waals surface area contributed by atoms with Gasteiger partial charge in [-0.05, 0) is 31.0 Å². The highest BCUT2D eigenvalue weighted by molar-refractivity contribution is 7.89. The number of hydrogen-bond donors (Lipinski definition) is 2. The average Bonchev–Trinajstić information content (AvgIpc) is 2.33. The van der Waals surface area contributed by atoms with E-state index < -0.39 is 16.0 Å². The average molecular weight is 285 g/mol. The summed E-state index contributed by atoms with van der Waals surface area (Å²) in [5.74, 6) is -1.18. The maximum absolute atomic E-state index is 11.4. The number of unbranched alkanes of at least 4 members (excludes halogenated alkanes) is 1. The van der Waals surface area contributed by atoms with Gasteiger partial charge in [-0.25, -0.2) is 18.4 Å². The number of allylic oxidation sites excluding steroid dienone is 1. The predicted octanol–water partition coefficient (Wildman–Crippen LogP) is 1.38. The van der Waals surface area contributed by atoms with Gasteiger partial charge in [-0.1, -0.05) is 6.08 Å². The topological polar surface area (TPSA) is 107 Å². The number of aromatic carboxylic acids is 1. The molecule has 1 rings (SSSR count). The molecule has 0 aromatic heterocycles. The monoisotopic (exact) mass is 285 g/mol. The van der Waals surface area contributed by atoms with Crippen molar-refractivity contribution in [2.75, 3.05) is 6.61 Å². The molecule has 0 unspecified atom stereocenters. The van der Waals surface area contributed by atoms with Gasteiger partial charge in [0.15, 0.2) is 0 Å². The Hall–Kier alpha value is -1.86.